The second-order valence-corrected chi connectivity index (χ2v) is 13.2. The second kappa shape index (κ2) is 23.3. The number of hydrogen-bond acceptors (Lipinski definition) is 5. The van der Waals surface area contributed by atoms with E-state index in [1.165, 1.54) is 82.4 Å². The molecule has 0 aromatic heterocycles. The lowest BCUT2D eigenvalue weighted by atomic mass is 10.0. The molecule has 0 radical (unpaired) electrons. The average molecular weight is 521 g/mol. The quantitative estimate of drug-likeness (QED) is 0.0911. The Kier molecular flexibility index (Phi) is 23.3. The van der Waals surface area contributed by atoms with E-state index in [1.807, 2.05) is 20.8 Å². The lowest BCUT2D eigenvalue weighted by molar-refractivity contribution is -0.137. The summed E-state index contributed by atoms with van der Waals surface area (Å²) in [5.74, 6) is 0.0510. The number of carboxylic acids is 1. The SMILES string of the molecule is CCCCCCCCCCCCCCCC(C(SCCC)C(=O)O)[Si](OCC)(OCC)OCC. The molecule has 2 atom stereocenters. The second-order valence-electron chi connectivity index (χ2n) is 9.17. The number of carboxylic acid groups (broad SMARTS) is 1. The minimum absolute atomic E-state index is 0.214. The van der Waals surface area contributed by atoms with Gasteiger partial charge in [0.25, 0.3) is 0 Å². The van der Waals surface area contributed by atoms with Crippen molar-refractivity contribution >= 4 is 26.5 Å². The van der Waals surface area contributed by atoms with E-state index >= 15 is 0 Å². The molecular formula is C27H56O5SSi. The zero-order chi connectivity index (χ0) is 25.5. The Morgan fingerprint density at radius 2 is 1.09 bits per heavy atom. The minimum Gasteiger partial charge on any atom is -0.480 e. The lowest BCUT2D eigenvalue weighted by Crippen LogP contribution is -2.54. The lowest BCUT2D eigenvalue weighted by Gasteiger charge is -2.38. The summed E-state index contributed by atoms with van der Waals surface area (Å²) in [7, 11) is -3.11. The first-order valence-electron chi connectivity index (χ1n) is 14.3. The van der Waals surface area contributed by atoms with Gasteiger partial charge in [-0.05, 0) is 39.4 Å². The highest BCUT2D eigenvalue weighted by Gasteiger charge is 2.54. The smallest absolute Gasteiger partial charge is 0.480 e. The van der Waals surface area contributed by atoms with Crippen LogP contribution in [0.2, 0.25) is 5.54 Å². The molecule has 0 aliphatic heterocycles. The van der Waals surface area contributed by atoms with Crippen molar-refractivity contribution in [1.29, 1.82) is 0 Å². The van der Waals surface area contributed by atoms with Gasteiger partial charge in [-0.1, -0.05) is 97.3 Å². The van der Waals surface area contributed by atoms with E-state index in [1.54, 1.807) is 0 Å². The molecule has 1 N–H and O–H groups in total. The molecule has 7 heteroatoms. The summed E-state index contributed by atoms with van der Waals surface area (Å²) >= 11 is 1.52. The Hall–Kier alpha value is -0.0831. The molecule has 0 saturated carbocycles. The van der Waals surface area contributed by atoms with Crippen LogP contribution < -0.4 is 0 Å². The number of hydrogen-bond donors (Lipinski definition) is 1. The van der Waals surface area contributed by atoms with Gasteiger partial charge in [0.1, 0.15) is 5.25 Å². The summed E-state index contributed by atoms with van der Waals surface area (Å²) in [5.41, 5.74) is -0.214. The largest absolute Gasteiger partial charge is 0.505 e. The first-order chi connectivity index (χ1) is 16.5. The molecule has 5 nitrogen and oxygen atoms in total. The highest BCUT2D eigenvalue weighted by molar-refractivity contribution is 8.00. The van der Waals surface area contributed by atoms with Crippen molar-refractivity contribution in [2.24, 2.45) is 0 Å². The van der Waals surface area contributed by atoms with Crippen molar-refractivity contribution in [2.45, 2.75) is 142 Å². The molecule has 0 aliphatic rings. The third-order valence-corrected chi connectivity index (χ3v) is 11.6. The molecule has 0 aromatic carbocycles. The molecule has 0 fully saturated rings. The summed E-state index contributed by atoms with van der Waals surface area (Å²) in [6.07, 6.45) is 18.7. The van der Waals surface area contributed by atoms with Crippen LogP contribution in [0.3, 0.4) is 0 Å². The minimum atomic E-state index is -3.11. The fourth-order valence-corrected chi connectivity index (χ4v) is 9.51. The predicted molar refractivity (Wildman–Crippen MR) is 149 cm³/mol. The fraction of sp³-hybridized carbons (Fsp3) is 0.963. The molecule has 0 aliphatic carbocycles. The molecule has 0 bridgehead atoms. The number of carbonyl (C=O) groups is 1. The van der Waals surface area contributed by atoms with Gasteiger partial charge in [0.2, 0.25) is 0 Å². The molecule has 0 amide bonds. The number of aliphatic carboxylic acids is 1. The van der Waals surface area contributed by atoms with Crippen molar-refractivity contribution in [3.63, 3.8) is 0 Å². The molecule has 0 saturated heterocycles. The topological polar surface area (TPSA) is 65.0 Å². The van der Waals surface area contributed by atoms with Crippen LogP contribution in [0.5, 0.6) is 0 Å². The molecule has 0 aromatic rings. The van der Waals surface area contributed by atoms with Crippen LogP contribution in [0.25, 0.3) is 0 Å². The standard InChI is InChI=1S/C27H56O5SSi/c1-6-11-12-13-14-15-16-17-18-19-20-21-22-23-25(26(27(28)29)33-24-7-2)34(30-8-3,31-9-4)32-10-5/h25-26H,6-24H2,1-5H3,(H,28,29). The van der Waals surface area contributed by atoms with Crippen LogP contribution in [0.4, 0.5) is 0 Å². The van der Waals surface area contributed by atoms with Crippen LogP contribution in [-0.2, 0) is 18.1 Å². The van der Waals surface area contributed by atoms with Gasteiger partial charge < -0.3 is 18.4 Å². The Morgan fingerprint density at radius 3 is 1.44 bits per heavy atom. The monoisotopic (exact) mass is 520 g/mol. The Bertz CT molecular complexity index is 449. The zero-order valence-corrected chi connectivity index (χ0v) is 24.9. The summed E-state index contributed by atoms with van der Waals surface area (Å²) in [5, 5.41) is 9.53. The van der Waals surface area contributed by atoms with E-state index in [2.05, 4.69) is 13.8 Å². The van der Waals surface area contributed by atoms with Gasteiger partial charge in [-0.3, -0.25) is 4.79 Å². The Balaban J connectivity index is 4.70. The summed E-state index contributed by atoms with van der Waals surface area (Å²) < 4.78 is 18.5. The third kappa shape index (κ3) is 15.1. The van der Waals surface area contributed by atoms with Gasteiger partial charge in [0, 0.05) is 19.8 Å². The maximum atomic E-state index is 12.3. The molecule has 204 valence electrons. The van der Waals surface area contributed by atoms with Gasteiger partial charge in [-0.2, -0.15) is 0 Å². The number of unbranched alkanes of at least 4 members (excludes halogenated alkanes) is 12. The first-order valence-corrected chi connectivity index (χ1v) is 17.1. The van der Waals surface area contributed by atoms with E-state index in [9.17, 15) is 9.90 Å². The molecule has 0 spiro atoms. The normalized spacial score (nSPS) is 13.8. The summed E-state index contributed by atoms with van der Waals surface area (Å²) in [6, 6.07) is 0. The number of thioether (sulfide) groups is 1. The summed E-state index contributed by atoms with van der Waals surface area (Å²) in [4.78, 5) is 12.3. The van der Waals surface area contributed by atoms with Gasteiger partial charge in [-0.15, -0.1) is 11.8 Å². The maximum Gasteiger partial charge on any atom is 0.505 e. The number of rotatable bonds is 26. The van der Waals surface area contributed by atoms with Crippen LogP contribution in [0.15, 0.2) is 0 Å². The summed E-state index contributed by atoms with van der Waals surface area (Å²) in [6.45, 7) is 11.6. The fourth-order valence-electron chi connectivity index (χ4n) is 4.55. The molecule has 2 unspecified atom stereocenters. The van der Waals surface area contributed by atoms with Crippen LogP contribution in [-0.4, -0.2) is 50.7 Å². The van der Waals surface area contributed by atoms with Crippen molar-refractivity contribution in [3.8, 4) is 0 Å². The van der Waals surface area contributed by atoms with E-state index in [0.717, 1.165) is 31.4 Å². The van der Waals surface area contributed by atoms with Crippen LogP contribution in [0, 0.1) is 0 Å². The van der Waals surface area contributed by atoms with Crippen molar-refractivity contribution in [3.05, 3.63) is 0 Å². The molecule has 0 heterocycles. The molecule has 0 rings (SSSR count). The van der Waals surface area contributed by atoms with Crippen molar-refractivity contribution in [2.75, 3.05) is 25.6 Å². The van der Waals surface area contributed by atoms with Crippen molar-refractivity contribution in [1.82, 2.24) is 0 Å². The van der Waals surface area contributed by atoms with Crippen LogP contribution >= 0.6 is 11.8 Å². The molecular weight excluding hydrogens is 464 g/mol. The molecule has 34 heavy (non-hydrogen) atoms. The Labute approximate surface area is 216 Å². The Morgan fingerprint density at radius 1 is 0.676 bits per heavy atom. The maximum absolute atomic E-state index is 12.3. The van der Waals surface area contributed by atoms with E-state index in [-0.39, 0.29) is 5.54 Å². The van der Waals surface area contributed by atoms with Gasteiger partial charge in [0.15, 0.2) is 0 Å². The third-order valence-electron chi connectivity index (χ3n) is 6.22. The van der Waals surface area contributed by atoms with Gasteiger partial charge in [0.05, 0.1) is 5.54 Å². The predicted octanol–water partition coefficient (Wildman–Crippen LogP) is 8.48. The van der Waals surface area contributed by atoms with E-state index < -0.39 is 20.0 Å². The highest BCUT2D eigenvalue weighted by atomic mass is 32.2. The highest BCUT2D eigenvalue weighted by Crippen LogP contribution is 2.40. The van der Waals surface area contributed by atoms with Gasteiger partial charge >= 0.3 is 14.8 Å². The van der Waals surface area contributed by atoms with Gasteiger partial charge in [-0.25, -0.2) is 0 Å². The van der Waals surface area contributed by atoms with E-state index in [4.69, 9.17) is 13.3 Å². The van der Waals surface area contributed by atoms with Crippen LogP contribution in [0.1, 0.15) is 131 Å². The zero-order valence-electron chi connectivity index (χ0n) is 23.1. The van der Waals surface area contributed by atoms with Crippen molar-refractivity contribution < 1.29 is 23.2 Å². The first kappa shape index (κ1) is 33.9. The van der Waals surface area contributed by atoms with E-state index in [0.29, 0.717) is 19.8 Å². The average Bonchev–Trinajstić information content (AvgIpc) is 2.81.